The summed E-state index contributed by atoms with van der Waals surface area (Å²) in [5.74, 6) is -1.39. The molecule has 0 radical (unpaired) electrons. The van der Waals surface area contributed by atoms with E-state index in [0.717, 1.165) is 41.5 Å². The zero-order valence-electron chi connectivity index (χ0n) is 25.8. The van der Waals surface area contributed by atoms with Gasteiger partial charge < -0.3 is 24.6 Å². The Morgan fingerprint density at radius 1 is 1.02 bits per heavy atom. The van der Waals surface area contributed by atoms with Crippen LogP contribution in [0.1, 0.15) is 73.4 Å². The minimum absolute atomic E-state index is 0.0338. The first-order valence-electron chi connectivity index (χ1n) is 15.4. The number of rotatable bonds is 12. The van der Waals surface area contributed by atoms with E-state index < -0.39 is 23.8 Å². The SMILES string of the molecule is CCCCc1ccc([C@H]2C(C(=O)O)[C@@H](c3cc(OC)c4c(c3)OCO4)CN2CC(=O)Nc2c(CC)cc(F)cc2CC)cc1. The number of hydrogen-bond acceptors (Lipinski definition) is 6. The van der Waals surface area contributed by atoms with Gasteiger partial charge in [0.1, 0.15) is 5.82 Å². The number of carbonyl (C=O) groups excluding carboxylic acids is 1. The van der Waals surface area contributed by atoms with Gasteiger partial charge in [-0.15, -0.1) is 0 Å². The van der Waals surface area contributed by atoms with Crippen LogP contribution >= 0.6 is 0 Å². The van der Waals surface area contributed by atoms with Gasteiger partial charge >= 0.3 is 5.97 Å². The number of aliphatic carboxylic acids is 1. The maximum absolute atomic E-state index is 14.2. The molecule has 3 aromatic carbocycles. The highest BCUT2D eigenvalue weighted by molar-refractivity contribution is 5.94. The lowest BCUT2D eigenvalue weighted by Crippen LogP contribution is -2.35. The molecule has 3 aromatic rings. The van der Waals surface area contributed by atoms with Crippen molar-refractivity contribution in [3.63, 3.8) is 0 Å². The molecule has 3 atom stereocenters. The third-order valence-corrected chi connectivity index (χ3v) is 8.77. The number of halogens is 1. The Bertz CT molecular complexity index is 1480. The normalized spacial score (nSPS) is 19.2. The van der Waals surface area contributed by atoms with Crippen LogP contribution in [0.4, 0.5) is 10.1 Å². The quantitative estimate of drug-likeness (QED) is 0.243. The van der Waals surface area contributed by atoms with Crippen LogP contribution in [0.15, 0.2) is 48.5 Å². The van der Waals surface area contributed by atoms with E-state index in [1.54, 1.807) is 0 Å². The number of nitrogens with zero attached hydrogens (tertiary/aromatic N) is 1. The largest absolute Gasteiger partial charge is 0.493 e. The summed E-state index contributed by atoms with van der Waals surface area (Å²) in [6.07, 6.45) is 4.23. The summed E-state index contributed by atoms with van der Waals surface area (Å²) in [6.45, 7) is 6.34. The molecular formula is C35H41FN2O6. The Labute approximate surface area is 258 Å². The summed E-state index contributed by atoms with van der Waals surface area (Å²) in [5.41, 5.74) is 4.85. The van der Waals surface area contributed by atoms with Crippen LogP contribution in [0.2, 0.25) is 0 Å². The summed E-state index contributed by atoms with van der Waals surface area (Å²) >= 11 is 0. The number of unbranched alkanes of at least 4 members (excludes halogenated alkanes) is 1. The first-order chi connectivity index (χ1) is 21.3. The Kier molecular flexibility index (Phi) is 9.74. The second kappa shape index (κ2) is 13.7. The molecule has 1 saturated heterocycles. The highest BCUT2D eigenvalue weighted by Crippen LogP contribution is 2.50. The maximum Gasteiger partial charge on any atom is 0.309 e. The second-order valence-electron chi connectivity index (χ2n) is 11.5. The van der Waals surface area contributed by atoms with Gasteiger partial charge in [0.05, 0.1) is 19.6 Å². The third kappa shape index (κ3) is 6.38. The second-order valence-corrected chi connectivity index (χ2v) is 11.5. The number of anilines is 1. The van der Waals surface area contributed by atoms with Crippen LogP contribution in [0, 0.1) is 11.7 Å². The Morgan fingerprint density at radius 2 is 1.73 bits per heavy atom. The molecule has 1 unspecified atom stereocenters. The number of aryl methyl sites for hydroxylation is 3. The Morgan fingerprint density at radius 3 is 2.34 bits per heavy atom. The lowest BCUT2D eigenvalue weighted by Gasteiger charge is -2.27. The molecule has 44 heavy (non-hydrogen) atoms. The molecule has 0 saturated carbocycles. The number of amides is 1. The average Bonchev–Trinajstić information content (AvgIpc) is 3.65. The van der Waals surface area contributed by atoms with E-state index >= 15 is 0 Å². The fraction of sp³-hybridized carbons (Fsp3) is 0.429. The zero-order valence-corrected chi connectivity index (χ0v) is 25.8. The van der Waals surface area contributed by atoms with E-state index in [2.05, 4.69) is 24.4 Å². The molecule has 2 aliphatic rings. The van der Waals surface area contributed by atoms with Crippen molar-refractivity contribution in [3.8, 4) is 17.2 Å². The molecule has 5 rings (SSSR count). The van der Waals surface area contributed by atoms with Crippen LogP contribution in [-0.2, 0) is 28.9 Å². The van der Waals surface area contributed by atoms with Gasteiger partial charge in [-0.2, -0.15) is 0 Å². The van der Waals surface area contributed by atoms with E-state index in [4.69, 9.17) is 14.2 Å². The smallest absolute Gasteiger partial charge is 0.309 e. The van der Waals surface area contributed by atoms with Crippen LogP contribution < -0.4 is 19.5 Å². The van der Waals surface area contributed by atoms with Gasteiger partial charge in [-0.25, -0.2) is 4.39 Å². The molecule has 2 aliphatic heterocycles. The lowest BCUT2D eigenvalue weighted by molar-refractivity contribution is -0.143. The molecule has 2 heterocycles. The molecule has 9 heteroatoms. The first kappa shape index (κ1) is 31.3. The summed E-state index contributed by atoms with van der Waals surface area (Å²) < 4.78 is 31.0. The standard InChI is InChI=1S/C35H41FN2O6/c1-5-8-9-21-10-12-24(13-11-21)33-31(35(40)41)27(25-16-28(42-4)34-29(17-25)43-20-44-34)18-38(33)19-30(39)37-32-22(6-2)14-26(36)15-23(32)7-3/h10-17,27,31,33H,5-9,18-20H2,1-4H3,(H,37,39)(H,40,41)/t27-,31?,33+/m1/s1. The maximum atomic E-state index is 14.2. The minimum atomic E-state index is -0.949. The molecule has 0 bridgehead atoms. The molecule has 234 valence electrons. The van der Waals surface area contributed by atoms with Crippen LogP contribution in [0.5, 0.6) is 17.2 Å². The van der Waals surface area contributed by atoms with Crippen molar-refractivity contribution in [2.45, 2.75) is 64.8 Å². The van der Waals surface area contributed by atoms with Crippen LogP contribution in [-0.4, -0.2) is 48.9 Å². The minimum Gasteiger partial charge on any atom is -0.493 e. The van der Waals surface area contributed by atoms with Gasteiger partial charge in [-0.1, -0.05) is 51.5 Å². The van der Waals surface area contributed by atoms with Gasteiger partial charge in [0.25, 0.3) is 0 Å². The van der Waals surface area contributed by atoms with E-state index in [9.17, 15) is 19.1 Å². The van der Waals surface area contributed by atoms with Crippen LogP contribution in [0.3, 0.4) is 0 Å². The molecule has 1 fully saturated rings. The number of fused-ring (bicyclic) bond motifs is 1. The summed E-state index contributed by atoms with van der Waals surface area (Å²) in [6, 6.07) is 14.1. The molecule has 0 aromatic heterocycles. The number of nitrogens with one attached hydrogen (secondary N) is 1. The number of hydrogen-bond donors (Lipinski definition) is 2. The molecule has 0 spiro atoms. The molecule has 8 nitrogen and oxygen atoms in total. The number of benzene rings is 3. The average molecular weight is 605 g/mol. The first-order valence-corrected chi connectivity index (χ1v) is 15.4. The molecule has 0 aliphatic carbocycles. The fourth-order valence-corrected chi connectivity index (χ4v) is 6.56. The Balaban J connectivity index is 1.51. The van der Waals surface area contributed by atoms with Gasteiger partial charge in [-0.3, -0.25) is 14.5 Å². The van der Waals surface area contributed by atoms with Crippen molar-refractivity contribution in [1.82, 2.24) is 4.90 Å². The number of ether oxygens (including phenoxy) is 3. The highest BCUT2D eigenvalue weighted by atomic mass is 19.1. The fourth-order valence-electron chi connectivity index (χ4n) is 6.56. The number of carboxylic acids is 1. The molecular weight excluding hydrogens is 563 g/mol. The monoisotopic (exact) mass is 604 g/mol. The lowest BCUT2D eigenvalue weighted by atomic mass is 9.82. The van der Waals surface area contributed by atoms with E-state index in [1.807, 2.05) is 43.0 Å². The summed E-state index contributed by atoms with van der Waals surface area (Å²) in [4.78, 5) is 28.6. The zero-order chi connectivity index (χ0) is 31.4. The summed E-state index contributed by atoms with van der Waals surface area (Å²) in [5, 5.41) is 13.7. The Hall–Kier alpha value is -4.11. The predicted molar refractivity (Wildman–Crippen MR) is 166 cm³/mol. The van der Waals surface area contributed by atoms with Crippen molar-refractivity contribution in [2.24, 2.45) is 5.92 Å². The van der Waals surface area contributed by atoms with Crippen molar-refractivity contribution in [2.75, 3.05) is 32.3 Å². The van der Waals surface area contributed by atoms with Crippen LogP contribution in [0.25, 0.3) is 0 Å². The predicted octanol–water partition coefficient (Wildman–Crippen LogP) is 6.51. The number of likely N-dealkylation sites (tertiary alicyclic amines) is 1. The van der Waals surface area contributed by atoms with Crippen molar-refractivity contribution in [3.05, 3.63) is 82.2 Å². The topological polar surface area (TPSA) is 97.3 Å². The van der Waals surface area contributed by atoms with Gasteiger partial charge in [-0.05, 0) is 77.8 Å². The van der Waals surface area contributed by atoms with E-state index in [0.29, 0.717) is 42.3 Å². The van der Waals surface area contributed by atoms with Crippen molar-refractivity contribution >= 4 is 17.6 Å². The number of methoxy groups -OCH3 is 1. The highest BCUT2D eigenvalue weighted by Gasteiger charge is 2.48. The van der Waals surface area contributed by atoms with Gasteiger partial charge in [0.15, 0.2) is 11.5 Å². The van der Waals surface area contributed by atoms with Crippen molar-refractivity contribution in [1.29, 1.82) is 0 Å². The van der Waals surface area contributed by atoms with E-state index in [1.165, 1.54) is 24.8 Å². The van der Waals surface area contributed by atoms with Crippen molar-refractivity contribution < 1.29 is 33.3 Å². The third-order valence-electron chi connectivity index (χ3n) is 8.77. The molecule has 2 N–H and O–H groups in total. The number of carbonyl (C=O) groups is 2. The number of carboxylic acid groups (broad SMARTS) is 1. The summed E-state index contributed by atoms with van der Waals surface area (Å²) in [7, 11) is 1.54. The van der Waals surface area contributed by atoms with Gasteiger partial charge in [0.2, 0.25) is 18.4 Å². The van der Waals surface area contributed by atoms with E-state index in [-0.39, 0.29) is 25.1 Å². The molecule has 1 amide bonds. The van der Waals surface area contributed by atoms with Gasteiger partial charge in [0, 0.05) is 24.2 Å².